The van der Waals surface area contributed by atoms with Crippen LogP contribution in [0, 0.1) is 0 Å². The highest BCUT2D eigenvalue weighted by molar-refractivity contribution is 9.10. The van der Waals surface area contributed by atoms with Gasteiger partial charge >= 0.3 is 0 Å². The van der Waals surface area contributed by atoms with Crippen LogP contribution in [0.1, 0.15) is 29.4 Å². The van der Waals surface area contributed by atoms with Crippen LogP contribution >= 0.6 is 27.5 Å². The number of rotatable bonds is 2. The van der Waals surface area contributed by atoms with E-state index in [0.717, 1.165) is 24.5 Å². The number of halogens is 2. The van der Waals surface area contributed by atoms with E-state index >= 15 is 0 Å². The molecule has 0 spiro atoms. The van der Waals surface area contributed by atoms with Gasteiger partial charge in [-0.1, -0.05) is 63.9 Å². The maximum atomic E-state index is 6.42. The lowest BCUT2D eigenvalue weighted by Gasteiger charge is -2.34. The highest BCUT2D eigenvalue weighted by Gasteiger charge is 2.29. The van der Waals surface area contributed by atoms with E-state index in [2.05, 4.69) is 57.6 Å². The average molecular weight is 351 g/mol. The van der Waals surface area contributed by atoms with E-state index in [1.54, 1.807) is 0 Å². The molecule has 2 aromatic carbocycles. The van der Waals surface area contributed by atoms with Gasteiger partial charge in [0, 0.05) is 22.0 Å². The van der Waals surface area contributed by atoms with E-state index in [1.807, 2.05) is 12.1 Å². The van der Waals surface area contributed by atoms with Crippen molar-refractivity contribution < 1.29 is 0 Å². The molecule has 2 atom stereocenters. The Kier molecular flexibility index (Phi) is 4.45. The maximum Gasteiger partial charge on any atom is 0.0441 e. The molecule has 0 aliphatic carbocycles. The van der Waals surface area contributed by atoms with E-state index in [0.29, 0.717) is 11.8 Å². The van der Waals surface area contributed by atoms with Crippen LogP contribution in [-0.4, -0.2) is 13.1 Å². The smallest absolute Gasteiger partial charge is 0.0441 e. The molecule has 1 aliphatic rings. The fourth-order valence-corrected chi connectivity index (χ4v) is 3.96. The third-order valence-corrected chi connectivity index (χ3v) is 5.16. The normalized spacial score (nSPS) is 22.7. The first kappa shape index (κ1) is 14.1. The van der Waals surface area contributed by atoms with Crippen molar-refractivity contribution in [3.8, 4) is 0 Å². The molecule has 1 N–H and O–H groups in total. The molecular formula is C17H17BrClN. The van der Waals surface area contributed by atoms with Crippen molar-refractivity contribution in [2.24, 2.45) is 0 Å². The molecule has 1 aliphatic heterocycles. The Bertz CT molecular complexity index is 546. The first-order chi connectivity index (χ1) is 9.77. The van der Waals surface area contributed by atoms with Crippen molar-refractivity contribution in [1.82, 2.24) is 5.32 Å². The van der Waals surface area contributed by atoms with Gasteiger partial charge in [0.05, 0.1) is 0 Å². The van der Waals surface area contributed by atoms with Crippen LogP contribution in [0.25, 0.3) is 0 Å². The Balaban J connectivity index is 2.00. The average Bonchev–Trinajstić information content (AvgIpc) is 2.48. The summed E-state index contributed by atoms with van der Waals surface area (Å²) in [4.78, 5) is 0. The third kappa shape index (κ3) is 2.78. The molecule has 1 nitrogen and oxygen atoms in total. The van der Waals surface area contributed by atoms with Crippen molar-refractivity contribution in [2.45, 2.75) is 18.3 Å². The van der Waals surface area contributed by atoms with E-state index in [9.17, 15) is 0 Å². The lowest BCUT2D eigenvalue weighted by atomic mass is 9.77. The van der Waals surface area contributed by atoms with Crippen LogP contribution in [0.15, 0.2) is 53.0 Å². The lowest BCUT2D eigenvalue weighted by molar-refractivity contribution is 0.403. The van der Waals surface area contributed by atoms with E-state index in [4.69, 9.17) is 11.6 Å². The zero-order valence-corrected chi connectivity index (χ0v) is 13.5. The van der Waals surface area contributed by atoms with Gasteiger partial charge in [0.2, 0.25) is 0 Å². The van der Waals surface area contributed by atoms with E-state index < -0.39 is 0 Å². The van der Waals surface area contributed by atoms with Gasteiger partial charge in [-0.15, -0.1) is 0 Å². The summed E-state index contributed by atoms with van der Waals surface area (Å²) >= 11 is 10.1. The molecular weight excluding hydrogens is 334 g/mol. The minimum Gasteiger partial charge on any atom is -0.316 e. The molecule has 3 rings (SSSR count). The zero-order valence-electron chi connectivity index (χ0n) is 11.2. The van der Waals surface area contributed by atoms with Gasteiger partial charge < -0.3 is 5.32 Å². The summed E-state index contributed by atoms with van der Waals surface area (Å²) < 4.78 is 1.19. The number of hydrogen-bond donors (Lipinski definition) is 1. The van der Waals surface area contributed by atoms with Crippen LogP contribution in [0.2, 0.25) is 5.02 Å². The molecule has 0 radical (unpaired) electrons. The van der Waals surface area contributed by atoms with Gasteiger partial charge in [0.15, 0.2) is 0 Å². The molecule has 20 heavy (non-hydrogen) atoms. The fraction of sp³-hybridized carbons (Fsp3) is 0.294. The predicted molar refractivity (Wildman–Crippen MR) is 88.6 cm³/mol. The van der Waals surface area contributed by atoms with Crippen molar-refractivity contribution in [1.29, 1.82) is 0 Å². The van der Waals surface area contributed by atoms with Crippen molar-refractivity contribution in [3.05, 3.63) is 69.2 Å². The van der Waals surface area contributed by atoms with Gasteiger partial charge in [-0.3, -0.25) is 0 Å². The number of hydrogen-bond acceptors (Lipinski definition) is 1. The molecule has 0 bridgehead atoms. The van der Waals surface area contributed by atoms with Gasteiger partial charge in [0.1, 0.15) is 0 Å². The van der Waals surface area contributed by atoms with Gasteiger partial charge in [-0.05, 0) is 42.1 Å². The van der Waals surface area contributed by atoms with Crippen LogP contribution in [0.3, 0.4) is 0 Å². The van der Waals surface area contributed by atoms with Gasteiger partial charge in [-0.2, -0.15) is 0 Å². The molecule has 3 heteroatoms. The van der Waals surface area contributed by atoms with Crippen LogP contribution < -0.4 is 5.32 Å². The zero-order chi connectivity index (χ0) is 13.9. The van der Waals surface area contributed by atoms with Crippen molar-refractivity contribution >= 4 is 27.5 Å². The minimum absolute atomic E-state index is 0.458. The summed E-state index contributed by atoms with van der Waals surface area (Å²) in [7, 11) is 0. The SMILES string of the molecule is Clc1ccccc1C1CCNCC1c1ccccc1Br. The summed E-state index contributed by atoms with van der Waals surface area (Å²) in [5, 5.41) is 4.40. The molecule has 1 fully saturated rings. The quantitative estimate of drug-likeness (QED) is 0.807. The van der Waals surface area contributed by atoms with E-state index in [-0.39, 0.29) is 0 Å². The highest BCUT2D eigenvalue weighted by atomic mass is 79.9. The first-order valence-corrected chi connectivity index (χ1v) is 8.14. The number of piperidine rings is 1. The van der Waals surface area contributed by atoms with Crippen molar-refractivity contribution in [3.63, 3.8) is 0 Å². The predicted octanol–water partition coefficient (Wildman–Crippen LogP) is 4.96. The Morgan fingerprint density at radius 2 is 1.65 bits per heavy atom. The van der Waals surface area contributed by atoms with Crippen molar-refractivity contribution in [2.75, 3.05) is 13.1 Å². The molecule has 0 saturated carbocycles. The molecule has 2 unspecified atom stereocenters. The number of benzene rings is 2. The first-order valence-electron chi connectivity index (χ1n) is 6.97. The molecule has 1 heterocycles. The molecule has 104 valence electrons. The molecule has 2 aromatic rings. The standard InChI is InChI=1S/C17H17BrClN/c18-16-7-3-1-5-13(16)15-11-20-10-9-12(15)14-6-2-4-8-17(14)19/h1-8,12,15,20H,9-11H2. The Labute approximate surface area is 133 Å². The second kappa shape index (κ2) is 6.30. The second-order valence-corrected chi connectivity index (χ2v) is 6.51. The third-order valence-electron chi connectivity index (χ3n) is 4.09. The minimum atomic E-state index is 0.458. The van der Waals surface area contributed by atoms with Crippen LogP contribution in [-0.2, 0) is 0 Å². The summed E-state index contributed by atoms with van der Waals surface area (Å²) in [5.74, 6) is 0.933. The number of nitrogens with one attached hydrogen (secondary N) is 1. The second-order valence-electron chi connectivity index (χ2n) is 5.25. The Morgan fingerprint density at radius 1 is 0.950 bits per heavy atom. The van der Waals surface area contributed by atoms with E-state index in [1.165, 1.54) is 15.6 Å². The topological polar surface area (TPSA) is 12.0 Å². The lowest BCUT2D eigenvalue weighted by Crippen LogP contribution is -2.34. The highest BCUT2D eigenvalue weighted by Crippen LogP contribution is 2.41. The Hall–Kier alpha value is -0.830. The molecule has 1 saturated heterocycles. The molecule has 0 amide bonds. The maximum absolute atomic E-state index is 6.42. The summed E-state index contributed by atoms with van der Waals surface area (Å²) in [5.41, 5.74) is 2.64. The monoisotopic (exact) mass is 349 g/mol. The fourth-order valence-electron chi connectivity index (χ4n) is 3.11. The summed E-state index contributed by atoms with van der Waals surface area (Å²) in [6.07, 6.45) is 1.12. The summed E-state index contributed by atoms with van der Waals surface area (Å²) in [6.45, 7) is 2.05. The van der Waals surface area contributed by atoms with Crippen LogP contribution in [0.4, 0.5) is 0 Å². The summed E-state index contributed by atoms with van der Waals surface area (Å²) in [6, 6.07) is 16.8. The van der Waals surface area contributed by atoms with Crippen LogP contribution in [0.5, 0.6) is 0 Å². The molecule has 0 aromatic heterocycles. The largest absolute Gasteiger partial charge is 0.316 e. The van der Waals surface area contributed by atoms with Gasteiger partial charge in [-0.25, -0.2) is 0 Å². The Morgan fingerprint density at radius 3 is 2.40 bits per heavy atom. The van der Waals surface area contributed by atoms with Gasteiger partial charge in [0.25, 0.3) is 0 Å².